The van der Waals surface area contributed by atoms with E-state index in [4.69, 9.17) is 0 Å². The molecule has 0 aliphatic carbocycles. The number of hydrogen-bond acceptors (Lipinski definition) is 7. The molecule has 1 aliphatic rings. The van der Waals surface area contributed by atoms with Crippen molar-refractivity contribution < 1.29 is 13.2 Å². The maximum Gasteiger partial charge on any atom is 0.214 e. The van der Waals surface area contributed by atoms with E-state index in [1.807, 2.05) is 42.0 Å². The van der Waals surface area contributed by atoms with Crippen molar-refractivity contribution >= 4 is 27.0 Å². The zero-order valence-corrected chi connectivity index (χ0v) is 16.6. The molecule has 0 amide bonds. The smallest absolute Gasteiger partial charge is 0.214 e. The van der Waals surface area contributed by atoms with Crippen LogP contribution in [0.1, 0.15) is 34.2 Å². The Hall–Kier alpha value is -2.33. The number of ketones is 1. The van der Waals surface area contributed by atoms with E-state index in [9.17, 15) is 13.2 Å². The molecule has 1 aliphatic heterocycles. The van der Waals surface area contributed by atoms with E-state index in [-0.39, 0.29) is 29.9 Å². The minimum Gasteiger partial charge on any atom is -0.344 e. The van der Waals surface area contributed by atoms with Crippen LogP contribution in [-0.2, 0) is 16.4 Å². The predicted octanol–water partition coefficient (Wildman–Crippen LogP) is 2.06. The van der Waals surface area contributed by atoms with E-state index in [1.165, 1.54) is 16.1 Å². The number of rotatable bonds is 5. The van der Waals surface area contributed by atoms with Crippen LogP contribution in [0.5, 0.6) is 0 Å². The van der Waals surface area contributed by atoms with Crippen molar-refractivity contribution in [2.75, 3.05) is 11.5 Å². The first-order valence-corrected chi connectivity index (χ1v) is 11.3. The first-order chi connectivity index (χ1) is 12.8. The molecule has 0 aromatic carbocycles. The molecule has 1 saturated heterocycles. The number of tetrazole rings is 1. The van der Waals surface area contributed by atoms with Crippen molar-refractivity contribution in [3.63, 3.8) is 0 Å². The fraction of sp³-hybridized carbons (Fsp3) is 0.412. The summed E-state index contributed by atoms with van der Waals surface area (Å²) >= 11 is 1.51. The van der Waals surface area contributed by atoms with Crippen LogP contribution in [0.25, 0.3) is 10.7 Å². The Labute approximate surface area is 160 Å². The summed E-state index contributed by atoms with van der Waals surface area (Å²) in [6.07, 6.45) is 0.584. The molecular formula is C17H19N5O3S2. The highest BCUT2D eigenvalue weighted by molar-refractivity contribution is 7.91. The molecule has 1 atom stereocenters. The van der Waals surface area contributed by atoms with E-state index in [0.717, 1.165) is 16.3 Å². The lowest BCUT2D eigenvalue weighted by atomic mass is 10.1. The minimum atomic E-state index is -2.99. The fourth-order valence-electron chi connectivity index (χ4n) is 3.63. The van der Waals surface area contributed by atoms with Gasteiger partial charge >= 0.3 is 0 Å². The van der Waals surface area contributed by atoms with Crippen LogP contribution in [-0.4, -0.2) is 50.5 Å². The zero-order chi connectivity index (χ0) is 19.2. The Morgan fingerprint density at radius 1 is 1.37 bits per heavy atom. The standard InChI is InChI=1S/C17H19N5O3S2/c1-11-8-14(12(2)22(11)13-5-7-27(24,25)10-13)15(23)9-21-19-17(18-20-21)16-4-3-6-26-16/h3-4,6,8,13H,5,7,9-10H2,1-2H3. The van der Waals surface area contributed by atoms with E-state index >= 15 is 0 Å². The summed E-state index contributed by atoms with van der Waals surface area (Å²) in [5.41, 5.74) is 2.26. The van der Waals surface area contributed by atoms with Gasteiger partial charge in [-0.2, -0.15) is 4.80 Å². The second-order valence-electron chi connectivity index (χ2n) is 6.76. The summed E-state index contributed by atoms with van der Waals surface area (Å²) in [6.45, 7) is 3.75. The monoisotopic (exact) mass is 405 g/mol. The maximum atomic E-state index is 12.8. The highest BCUT2D eigenvalue weighted by Crippen LogP contribution is 2.29. The van der Waals surface area contributed by atoms with Gasteiger partial charge in [-0.25, -0.2) is 8.42 Å². The van der Waals surface area contributed by atoms with Crippen LogP contribution >= 0.6 is 11.3 Å². The Morgan fingerprint density at radius 2 is 2.19 bits per heavy atom. The van der Waals surface area contributed by atoms with Gasteiger partial charge in [0.1, 0.15) is 6.54 Å². The molecule has 3 aromatic rings. The van der Waals surface area contributed by atoms with E-state index in [0.29, 0.717) is 17.8 Å². The largest absolute Gasteiger partial charge is 0.344 e. The van der Waals surface area contributed by atoms with Gasteiger partial charge in [0.15, 0.2) is 15.6 Å². The van der Waals surface area contributed by atoms with Crippen molar-refractivity contribution in [2.24, 2.45) is 0 Å². The van der Waals surface area contributed by atoms with Gasteiger partial charge in [0.05, 0.1) is 16.4 Å². The van der Waals surface area contributed by atoms with Crippen LogP contribution < -0.4 is 0 Å². The van der Waals surface area contributed by atoms with Crippen molar-refractivity contribution in [2.45, 2.75) is 32.9 Å². The molecule has 1 fully saturated rings. The lowest BCUT2D eigenvalue weighted by molar-refractivity contribution is 0.0960. The lowest BCUT2D eigenvalue weighted by Crippen LogP contribution is -2.16. The van der Waals surface area contributed by atoms with E-state index < -0.39 is 9.84 Å². The molecule has 3 aromatic heterocycles. The average Bonchev–Trinajstić information content (AvgIpc) is 3.35. The second kappa shape index (κ2) is 6.68. The minimum absolute atomic E-state index is 0.00830. The molecule has 27 heavy (non-hydrogen) atoms. The van der Waals surface area contributed by atoms with Gasteiger partial charge in [-0.1, -0.05) is 6.07 Å². The number of hydrogen-bond donors (Lipinski definition) is 0. The van der Waals surface area contributed by atoms with Gasteiger partial charge in [0.2, 0.25) is 5.82 Å². The maximum absolute atomic E-state index is 12.8. The van der Waals surface area contributed by atoms with Gasteiger partial charge in [-0.3, -0.25) is 4.79 Å². The summed E-state index contributed by atoms with van der Waals surface area (Å²) in [6, 6.07) is 5.52. The van der Waals surface area contributed by atoms with Crippen LogP contribution in [0.15, 0.2) is 23.6 Å². The highest BCUT2D eigenvalue weighted by atomic mass is 32.2. The molecule has 4 heterocycles. The SMILES string of the molecule is Cc1cc(C(=O)Cn2nnc(-c3cccs3)n2)c(C)n1C1CCS(=O)(=O)C1. The Balaban J connectivity index is 1.55. The van der Waals surface area contributed by atoms with Gasteiger partial charge in [0.25, 0.3) is 0 Å². The molecule has 0 N–H and O–H groups in total. The van der Waals surface area contributed by atoms with Crippen LogP contribution in [0.3, 0.4) is 0 Å². The number of aromatic nitrogens is 5. The van der Waals surface area contributed by atoms with Gasteiger partial charge in [-0.05, 0) is 43.0 Å². The zero-order valence-electron chi connectivity index (χ0n) is 15.0. The number of Topliss-reactive ketones (excluding diaryl/α,β-unsaturated/α-hetero) is 1. The predicted molar refractivity (Wildman–Crippen MR) is 102 cm³/mol. The molecule has 8 nitrogen and oxygen atoms in total. The Kier molecular flexibility index (Phi) is 4.47. The van der Waals surface area contributed by atoms with E-state index in [1.54, 1.807) is 0 Å². The molecule has 142 valence electrons. The van der Waals surface area contributed by atoms with Gasteiger partial charge in [0, 0.05) is 23.0 Å². The van der Waals surface area contributed by atoms with Gasteiger partial charge in [-0.15, -0.1) is 21.5 Å². The summed E-state index contributed by atoms with van der Waals surface area (Å²) in [5, 5.41) is 14.2. The lowest BCUT2D eigenvalue weighted by Gasteiger charge is -2.16. The first kappa shape index (κ1) is 18.1. The molecule has 4 rings (SSSR count). The average molecular weight is 406 g/mol. The summed E-state index contributed by atoms with van der Waals surface area (Å²) in [4.78, 5) is 15.0. The van der Waals surface area contributed by atoms with Crippen molar-refractivity contribution in [1.82, 2.24) is 24.8 Å². The summed E-state index contributed by atoms with van der Waals surface area (Å²) in [7, 11) is -2.99. The number of carbonyl (C=O) groups is 1. The normalized spacial score (nSPS) is 18.8. The Morgan fingerprint density at radius 3 is 2.85 bits per heavy atom. The molecule has 0 saturated carbocycles. The number of aryl methyl sites for hydroxylation is 1. The second-order valence-corrected chi connectivity index (χ2v) is 9.93. The molecule has 0 bridgehead atoms. The summed E-state index contributed by atoms with van der Waals surface area (Å²) in [5.74, 6) is 0.711. The van der Waals surface area contributed by atoms with Crippen LogP contribution in [0.2, 0.25) is 0 Å². The van der Waals surface area contributed by atoms with Crippen molar-refractivity contribution in [3.05, 3.63) is 40.5 Å². The molecule has 1 unspecified atom stereocenters. The van der Waals surface area contributed by atoms with Crippen molar-refractivity contribution in [3.8, 4) is 10.7 Å². The third kappa shape index (κ3) is 3.46. The summed E-state index contributed by atoms with van der Waals surface area (Å²) < 4.78 is 25.6. The first-order valence-electron chi connectivity index (χ1n) is 8.58. The van der Waals surface area contributed by atoms with Crippen LogP contribution in [0, 0.1) is 13.8 Å². The number of thiophene rings is 1. The molecular weight excluding hydrogens is 386 g/mol. The quantitative estimate of drug-likeness (QED) is 0.603. The third-order valence-electron chi connectivity index (χ3n) is 4.84. The Bertz CT molecular complexity index is 1100. The molecule has 0 radical (unpaired) electrons. The topological polar surface area (TPSA) is 99.7 Å². The molecule has 0 spiro atoms. The van der Waals surface area contributed by atoms with Gasteiger partial charge < -0.3 is 4.57 Å². The number of nitrogens with zero attached hydrogens (tertiary/aromatic N) is 5. The fourth-order valence-corrected chi connectivity index (χ4v) is 5.98. The van der Waals surface area contributed by atoms with Crippen molar-refractivity contribution in [1.29, 1.82) is 0 Å². The highest BCUT2D eigenvalue weighted by Gasteiger charge is 2.31. The number of sulfone groups is 1. The third-order valence-corrected chi connectivity index (χ3v) is 7.45. The number of carbonyl (C=O) groups excluding carboxylic acids is 1. The molecule has 10 heteroatoms. The van der Waals surface area contributed by atoms with Crippen LogP contribution in [0.4, 0.5) is 0 Å². The van der Waals surface area contributed by atoms with E-state index in [2.05, 4.69) is 15.4 Å².